The van der Waals surface area contributed by atoms with Gasteiger partial charge in [-0.3, -0.25) is 9.69 Å². The van der Waals surface area contributed by atoms with Gasteiger partial charge in [-0.15, -0.1) is 0 Å². The number of carbonyl (C=O) groups excluding carboxylic acids is 1. The molecule has 2 atom stereocenters. The number of rotatable bonds is 5. The highest BCUT2D eigenvalue weighted by Crippen LogP contribution is 2.38. The molecular weight excluding hydrogens is 473 g/mol. The number of hydrogen-bond donors (Lipinski definition) is 1. The largest absolute Gasteiger partial charge is 0.418 e. The summed E-state index contributed by atoms with van der Waals surface area (Å²) in [5, 5.41) is 2.04. The first-order valence-corrected chi connectivity index (χ1v) is 11.9. The van der Waals surface area contributed by atoms with Crippen LogP contribution in [0.25, 0.3) is 0 Å². The molecule has 0 spiro atoms. The van der Waals surface area contributed by atoms with Crippen molar-refractivity contribution >= 4 is 33.4 Å². The number of anilines is 1. The highest BCUT2D eigenvalue weighted by Gasteiger charge is 2.37. The molecule has 1 aromatic carbocycles. The summed E-state index contributed by atoms with van der Waals surface area (Å²) in [5.41, 5.74) is -1.51. The summed E-state index contributed by atoms with van der Waals surface area (Å²) in [5.74, 6) is -0.657. The molecular formula is C19H26ClF3N4O4S. The van der Waals surface area contributed by atoms with Gasteiger partial charge in [0.2, 0.25) is 5.91 Å². The number of hydrogen-bond acceptors (Lipinski definition) is 5. The third-order valence-electron chi connectivity index (χ3n) is 5.32. The van der Waals surface area contributed by atoms with E-state index in [1.54, 1.807) is 4.90 Å². The second-order valence-electron chi connectivity index (χ2n) is 7.97. The second-order valence-corrected chi connectivity index (χ2v) is 10.3. The molecule has 13 heteroatoms. The Bertz CT molecular complexity index is 929. The fraction of sp³-hybridized carbons (Fsp3) is 0.632. The van der Waals surface area contributed by atoms with Gasteiger partial charge in [-0.2, -0.15) is 30.2 Å². The van der Waals surface area contributed by atoms with E-state index in [1.165, 1.54) is 14.7 Å². The van der Waals surface area contributed by atoms with Gasteiger partial charge in [0.15, 0.2) is 0 Å². The lowest BCUT2D eigenvalue weighted by atomic mass is 10.1. The van der Waals surface area contributed by atoms with Gasteiger partial charge >= 0.3 is 6.18 Å². The van der Waals surface area contributed by atoms with Crippen LogP contribution in [0.3, 0.4) is 0 Å². The first-order chi connectivity index (χ1) is 14.9. The molecule has 1 aromatic rings. The summed E-state index contributed by atoms with van der Waals surface area (Å²) in [6.07, 6.45) is -5.07. The van der Waals surface area contributed by atoms with E-state index in [-0.39, 0.29) is 63.0 Å². The standard InChI is InChI=1S/C19H26ClF3N4O4S/c1-13-10-27(11-14(2)31-13)32(29,30)26-8-6-25(7-9-26)12-17(28)24-18-15(19(21,22)23)4-3-5-16(18)20/h3-5,13-14H,6-12H2,1-2H3,(H,24,28). The van der Waals surface area contributed by atoms with Crippen LogP contribution in [0.15, 0.2) is 18.2 Å². The molecule has 180 valence electrons. The minimum Gasteiger partial charge on any atom is -0.373 e. The van der Waals surface area contributed by atoms with E-state index in [0.717, 1.165) is 12.1 Å². The summed E-state index contributed by atoms with van der Waals surface area (Å²) in [7, 11) is -3.66. The zero-order valence-corrected chi connectivity index (χ0v) is 19.3. The monoisotopic (exact) mass is 498 g/mol. The molecule has 0 saturated carbocycles. The summed E-state index contributed by atoms with van der Waals surface area (Å²) in [4.78, 5) is 14.1. The Kier molecular flexibility index (Phi) is 7.73. The quantitative estimate of drug-likeness (QED) is 0.673. The molecule has 0 aliphatic carbocycles. The number of halogens is 4. The van der Waals surface area contributed by atoms with Crippen molar-refractivity contribution in [2.75, 3.05) is 51.1 Å². The summed E-state index contributed by atoms with van der Waals surface area (Å²) in [6.45, 7) is 4.90. The van der Waals surface area contributed by atoms with Crippen LogP contribution < -0.4 is 5.32 Å². The van der Waals surface area contributed by atoms with E-state index in [4.69, 9.17) is 16.3 Å². The number of alkyl halides is 3. The molecule has 1 N–H and O–H groups in total. The Labute approximate surface area is 190 Å². The van der Waals surface area contributed by atoms with Crippen molar-refractivity contribution < 1.29 is 31.1 Å². The first-order valence-electron chi connectivity index (χ1n) is 10.2. The molecule has 3 rings (SSSR count). The normalized spacial score (nSPS) is 24.4. The third kappa shape index (κ3) is 5.91. The van der Waals surface area contributed by atoms with Crippen LogP contribution in [-0.4, -0.2) is 85.9 Å². The van der Waals surface area contributed by atoms with Crippen LogP contribution in [-0.2, 0) is 25.9 Å². The van der Waals surface area contributed by atoms with Gasteiger partial charge < -0.3 is 10.1 Å². The Hall–Kier alpha value is -1.44. The summed E-state index contributed by atoms with van der Waals surface area (Å²) < 4.78 is 73.9. The van der Waals surface area contributed by atoms with Crippen molar-refractivity contribution in [3.05, 3.63) is 28.8 Å². The lowest BCUT2D eigenvalue weighted by Crippen LogP contribution is -2.57. The zero-order chi connectivity index (χ0) is 23.7. The van der Waals surface area contributed by atoms with Crippen LogP contribution >= 0.6 is 11.6 Å². The van der Waals surface area contributed by atoms with Gasteiger partial charge in [-0.05, 0) is 26.0 Å². The number of piperazine rings is 1. The van der Waals surface area contributed by atoms with Crippen molar-refractivity contribution in [1.29, 1.82) is 0 Å². The Balaban J connectivity index is 1.57. The molecule has 0 radical (unpaired) electrons. The highest BCUT2D eigenvalue weighted by atomic mass is 35.5. The molecule has 2 aliphatic rings. The first kappa shape index (κ1) is 25.2. The van der Waals surface area contributed by atoms with E-state index in [1.807, 2.05) is 13.8 Å². The number of nitrogens with zero attached hydrogens (tertiary/aromatic N) is 3. The number of carbonyl (C=O) groups is 1. The van der Waals surface area contributed by atoms with Gasteiger partial charge in [0.1, 0.15) is 0 Å². The second kappa shape index (κ2) is 9.82. The maximum absolute atomic E-state index is 13.2. The zero-order valence-electron chi connectivity index (χ0n) is 17.7. The molecule has 32 heavy (non-hydrogen) atoms. The molecule has 8 nitrogen and oxygen atoms in total. The predicted molar refractivity (Wildman–Crippen MR) is 114 cm³/mol. The molecule has 2 aliphatic heterocycles. The Morgan fingerprint density at radius 1 is 1.12 bits per heavy atom. The number of amides is 1. The lowest BCUT2D eigenvalue weighted by molar-refractivity contribution is -0.137. The van der Waals surface area contributed by atoms with E-state index < -0.39 is 33.5 Å². The van der Waals surface area contributed by atoms with Crippen LogP contribution in [0.4, 0.5) is 18.9 Å². The van der Waals surface area contributed by atoms with E-state index >= 15 is 0 Å². The van der Waals surface area contributed by atoms with Gasteiger partial charge in [-0.25, -0.2) is 0 Å². The van der Waals surface area contributed by atoms with Crippen LogP contribution in [0.5, 0.6) is 0 Å². The van der Waals surface area contributed by atoms with Crippen molar-refractivity contribution in [2.24, 2.45) is 0 Å². The number of benzene rings is 1. The fourth-order valence-electron chi connectivity index (χ4n) is 3.87. The molecule has 2 unspecified atom stereocenters. The average Bonchev–Trinajstić information content (AvgIpc) is 2.68. The molecule has 0 aromatic heterocycles. The predicted octanol–water partition coefficient (Wildman–Crippen LogP) is 2.27. The Morgan fingerprint density at radius 2 is 1.72 bits per heavy atom. The molecule has 2 heterocycles. The van der Waals surface area contributed by atoms with Crippen LogP contribution in [0, 0.1) is 0 Å². The van der Waals surface area contributed by atoms with Crippen LogP contribution in [0.2, 0.25) is 5.02 Å². The Morgan fingerprint density at radius 3 is 2.28 bits per heavy atom. The number of para-hydroxylation sites is 1. The van der Waals surface area contributed by atoms with Gasteiger partial charge in [0.25, 0.3) is 10.2 Å². The number of morpholine rings is 1. The van der Waals surface area contributed by atoms with Gasteiger partial charge in [0, 0.05) is 39.3 Å². The SMILES string of the molecule is CC1CN(S(=O)(=O)N2CCN(CC(=O)Nc3c(Cl)cccc3C(F)(F)F)CC2)CC(C)O1. The van der Waals surface area contributed by atoms with Gasteiger partial charge in [0.05, 0.1) is 35.0 Å². The maximum Gasteiger partial charge on any atom is 0.418 e. The van der Waals surface area contributed by atoms with E-state index in [2.05, 4.69) is 5.32 Å². The lowest BCUT2D eigenvalue weighted by Gasteiger charge is -2.40. The topological polar surface area (TPSA) is 82.2 Å². The minimum atomic E-state index is -4.66. The maximum atomic E-state index is 13.2. The highest BCUT2D eigenvalue weighted by molar-refractivity contribution is 7.86. The minimum absolute atomic E-state index is 0.176. The molecule has 2 fully saturated rings. The fourth-order valence-corrected chi connectivity index (χ4v) is 5.84. The summed E-state index contributed by atoms with van der Waals surface area (Å²) >= 11 is 5.87. The smallest absolute Gasteiger partial charge is 0.373 e. The van der Waals surface area contributed by atoms with Crippen LogP contribution in [0.1, 0.15) is 19.4 Å². The molecule has 2 saturated heterocycles. The van der Waals surface area contributed by atoms with E-state index in [9.17, 15) is 26.4 Å². The number of nitrogens with one attached hydrogen (secondary N) is 1. The van der Waals surface area contributed by atoms with Crippen molar-refractivity contribution in [1.82, 2.24) is 13.5 Å². The number of ether oxygens (including phenoxy) is 1. The van der Waals surface area contributed by atoms with Gasteiger partial charge in [-0.1, -0.05) is 17.7 Å². The van der Waals surface area contributed by atoms with Crippen molar-refractivity contribution in [3.63, 3.8) is 0 Å². The third-order valence-corrected chi connectivity index (χ3v) is 7.60. The van der Waals surface area contributed by atoms with Crippen molar-refractivity contribution in [2.45, 2.75) is 32.2 Å². The van der Waals surface area contributed by atoms with Crippen molar-refractivity contribution in [3.8, 4) is 0 Å². The average molecular weight is 499 g/mol. The molecule has 0 bridgehead atoms. The summed E-state index contributed by atoms with van der Waals surface area (Å²) in [6, 6.07) is 3.28. The molecule has 1 amide bonds. The van der Waals surface area contributed by atoms with E-state index in [0.29, 0.717) is 0 Å².